The van der Waals surface area contributed by atoms with Crippen LogP contribution in [0.2, 0.25) is 0 Å². The summed E-state index contributed by atoms with van der Waals surface area (Å²) in [6.45, 7) is 3.38. The maximum Gasteiger partial charge on any atom is 0.317 e. The summed E-state index contributed by atoms with van der Waals surface area (Å²) in [5, 5.41) is 6.43. The number of carbonyl (C=O) groups is 2. The molecule has 1 aliphatic heterocycles. The van der Waals surface area contributed by atoms with E-state index in [9.17, 15) is 9.59 Å². The van der Waals surface area contributed by atoms with Crippen molar-refractivity contribution in [2.24, 2.45) is 11.7 Å². The van der Waals surface area contributed by atoms with Gasteiger partial charge in [0.2, 0.25) is 5.91 Å². The highest BCUT2D eigenvalue weighted by atomic mass is 32.1. The molecule has 1 aliphatic rings. The fourth-order valence-corrected chi connectivity index (χ4v) is 4.37. The zero-order valence-electron chi connectivity index (χ0n) is 13.8. The smallest absolute Gasteiger partial charge is 0.317 e. The monoisotopic (exact) mass is 345 g/mol. The predicted octanol–water partition coefficient (Wildman–Crippen LogP) is 3.26. The number of urea groups is 1. The Hall–Kier alpha value is -2.08. The van der Waals surface area contributed by atoms with Gasteiger partial charge in [0.25, 0.3) is 0 Å². The molecule has 0 unspecified atom stereocenters. The average molecular weight is 345 g/mol. The number of fused-ring (bicyclic) bond motifs is 1. The molecule has 0 bridgehead atoms. The zero-order valence-corrected chi connectivity index (χ0v) is 14.6. The number of hydrogen-bond acceptors (Lipinski definition) is 3. The number of rotatable bonds is 4. The van der Waals surface area contributed by atoms with Crippen LogP contribution in [0.15, 0.2) is 29.6 Å². The minimum Gasteiger partial charge on any atom is -0.370 e. The molecule has 2 heterocycles. The third-order valence-electron chi connectivity index (χ3n) is 4.71. The first-order valence-corrected chi connectivity index (χ1v) is 9.22. The summed E-state index contributed by atoms with van der Waals surface area (Å²) in [6.07, 6.45) is 2.10. The third-order valence-corrected chi connectivity index (χ3v) is 5.69. The van der Waals surface area contributed by atoms with Crippen LogP contribution in [0.1, 0.15) is 37.8 Å². The second kappa shape index (κ2) is 7.21. The lowest BCUT2D eigenvalue weighted by Gasteiger charge is -2.32. The van der Waals surface area contributed by atoms with Crippen molar-refractivity contribution < 1.29 is 9.59 Å². The van der Waals surface area contributed by atoms with E-state index in [4.69, 9.17) is 5.73 Å². The van der Waals surface area contributed by atoms with Crippen molar-refractivity contribution in [2.45, 2.75) is 32.2 Å². The summed E-state index contributed by atoms with van der Waals surface area (Å²) in [7, 11) is 0. The maximum absolute atomic E-state index is 12.5. The zero-order chi connectivity index (χ0) is 17.1. The van der Waals surface area contributed by atoms with Crippen molar-refractivity contribution in [2.75, 3.05) is 13.1 Å². The van der Waals surface area contributed by atoms with Crippen LogP contribution in [0, 0.1) is 5.92 Å². The maximum atomic E-state index is 12.5. The molecule has 0 saturated carbocycles. The highest BCUT2D eigenvalue weighted by Gasteiger charge is 2.25. The molecular formula is C18H23N3O2S. The first-order chi connectivity index (χ1) is 11.5. The minimum absolute atomic E-state index is 0.0306. The molecule has 0 radical (unpaired) electrons. The number of piperidine rings is 1. The van der Waals surface area contributed by atoms with E-state index < -0.39 is 0 Å². The number of benzene rings is 1. The lowest BCUT2D eigenvalue weighted by Crippen LogP contribution is -2.45. The number of primary amides is 1. The Morgan fingerprint density at radius 2 is 2.04 bits per heavy atom. The Balaban J connectivity index is 1.58. The van der Waals surface area contributed by atoms with Gasteiger partial charge in [-0.05, 0) is 48.1 Å². The van der Waals surface area contributed by atoms with Crippen LogP contribution in [0.5, 0.6) is 0 Å². The SMILES string of the molecule is C[C@H](NC(=O)N1CCC(CC(N)=O)CC1)c1csc2ccccc12. The van der Waals surface area contributed by atoms with Gasteiger partial charge in [-0.1, -0.05) is 18.2 Å². The Morgan fingerprint density at radius 3 is 2.75 bits per heavy atom. The van der Waals surface area contributed by atoms with E-state index in [0.29, 0.717) is 25.4 Å². The quantitative estimate of drug-likeness (QED) is 0.892. The van der Waals surface area contributed by atoms with Crippen LogP contribution in [-0.2, 0) is 4.79 Å². The van der Waals surface area contributed by atoms with E-state index in [1.165, 1.54) is 10.1 Å². The fraction of sp³-hybridized carbons (Fsp3) is 0.444. The number of nitrogens with one attached hydrogen (secondary N) is 1. The average Bonchev–Trinajstić information content (AvgIpc) is 2.99. The largest absolute Gasteiger partial charge is 0.370 e. The lowest BCUT2D eigenvalue weighted by molar-refractivity contribution is -0.119. The Bertz CT molecular complexity index is 735. The Morgan fingerprint density at radius 1 is 1.33 bits per heavy atom. The van der Waals surface area contributed by atoms with Gasteiger partial charge in [0, 0.05) is 24.2 Å². The van der Waals surface area contributed by atoms with E-state index in [2.05, 4.69) is 22.8 Å². The van der Waals surface area contributed by atoms with Crippen LogP contribution in [0.4, 0.5) is 4.79 Å². The van der Waals surface area contributed by atoms with Crippen molar-refractivity contribution in [3.8, 4) is 0 Å². The second-order valence-corrected chi connectivity index (χ2v) is 7.37. The Kier molecular flexibility index (Phi) is 5.04. The van der Waals surface area contributed by atoms with Gasteiger partial charge in [0.15, 0.2) is 0 Å². The molecule has 5 nitrogen and oxygen atoms in total. The number of carbonyl (C=O) groups excluding carboxylic acids is 2. The summed E-state index contributed by atoms with van der Waals surface area (Å²) < 4.78 is 1.24. The number of thiophene rings is 1. The van der Waals surface area contributed by atoms with Gasteiger partial charge in [0.1, 0.15) is 0 Å². The minimum atomic E-state index is -0.254. The van der Waals surface area contributed by atoms with Crippen LogP contribution in [0.3, 0.4) is 0 Å². The van der Waals surface area contributed by atoms with Crippen LogP contribution in [0.25, 0.3) is 10.1 Å². The number of likely N-dealkylation sites (tertiary alicyclic amines) is 1. The fourth-order valence-electron chi connectivity index (χ4n) is 3.31. The van der Waals surface area contributed by atoms with E-state index in [0.717, 1.165) is 18.4 Å². The topological polar surface area (TPSA) is 75.4 Å². The van der Waals surface area contributed by atoms with Gasteiger partial charge in [-0.15, -0.1) is 11.3 Å². The number of hydrogen-bond donors (Lipinski definition) is 2. The van der Waals surface area contributed by atoms with Crippen molar-refractivity contribution in [3.05, 3.63) is 35.2 Å². The lowest BCUT2D eigenvalue weighted by atomic mass is 9.93. The predicted molar refractivity (Wildman–Crippen MR) is 96.9 cm³/mol. The molecule has 3 rings (SSSR count). The van der Waals surface area contributed by atoms with Crippen LogP contribution >= 0.6 is 11.3 Å². The molecule has 0 aliphatic carbocycles. The van der Waals surface area contributed by atoms with Crippen molar-refractivity contribution in [3.63, 3.8) is 0 Å². The van der Waals surface area contributed by atoms with Crippen molar-refractivity contribution in [1.82, 2.24) is 10.2 Å². The molecular weight excluding hydrogens is 322 g/mol. The van der Waals surface area contributed by atoms with E-state index in [1.54, 1.807) is 11.3 Å². The molecule has 1 aromatic heterocycles. The molecule has 1 saturated heterocycles. The standard InChI is InChI=1S/C18H23N3O2S/c1-12(15-11-24-16-5-3-2-4-14(15)16)20-18(23)21-8-6-13(7-9-21)10-17(19)22/h2-5,11-13H,6-10H2,1H3,(H2,19,22)(H,20,23)/t12-/m0/s1. The number of amides is 3. The van der Waals surface area contributed by atoms with Gasteiger partial charge in [0.05, 0.1) is 6.04 Å². The van der Waals surface area contributed by atoms with Crippen molar-refractivity contribution >= 4 is 33.4 Å². The summed E-state index contributed by atoms with van der Waals surface area (Å²) in [5.74, 6) is 0.0562. The molecule has 6 heteroatoms. The first-order valence-electron chi connectivity index (χ1n) is 8.34. The molecule has 1 fully saturated rings. The van der Waals surface area contributed by atoms with Gasteiger partial charge < -0.3 is 16.0 Å². The summed E-state index contributed by atoms with van der Waals surface area (Å²) >= 11 is 1.70. The number of nitrogens with two attached hydrogens (primary N) is 1. The summed E-state index contributed by atoms with van der Waals surface area (Å²) in [6, 6.07) is 8.19. The molecule has 3 N–H and O–H groups in total. The molecule has 1 aromatic carbocycles. The molecule has 2 aromatic rings. The van der Waals surface area contributed by atoms with Gasteiger partial charge >= 0.3 is 6.03 Å². The van der Waals surface area contributed by atoms with Crippen molar-refractivity contribution in [1.29, 1.82) is 0 Å². The highest BCUT2D eigenvalue weighted by Crippen LogP contribution is 2.30. The Labute approximate surface area is 145 Å². The molecule has 1 atom stereocenters. The van der Waals surface area contributed by atoms with Crippen LogP contribution < -0.4 is 11.1 Å². The summed E-state index contributed by atoms with van der Waals surface area (Å²) in [5.41, 5.74) is 6.41. The molecule has 0 spiro atoms. The summed E-state index contributed by atoms with van der Waals surface area (Å²) in [4.78, 5) is 25.3. The van der Waals surface area contributed by atoms with E-state index >= 15 is 0 Å². The molecule has 128 valence electrons. The van der Waals surface area contributed by atoms with E-state index in [1.807, 2.05) is 24.0 Å². The van der Waals surface area contributed by atoms with Gasteiger partial charge in [-0.25, -0.2) is 4.79 Å². The van der Waals surface area contributed by atoms with Crippen LogP contribution in [-0.4, -0.2) is 29.9 Å². The van der Waals surface area contributed by atoms with Gasteiger partial charge in [-0.3, -0.25) is 4.79 Å². The first kappa shape index (κ1) is 16.8. The van der Waals surface area contributed by atoms with E-state index in [-0.39, 0.29) is 18.0 Å². The normalized spacial score (nSPS) is 17.0. The molecule has 3 amide bonds. The third kappa shape index (κ3) is 3.70. The highest BCUT2D eigenvalue weighted by molar-refractivity contribution is 7.17. The second-order valence-electron chi connectivity index (χ2n) is 6.46. The number of nitrogens with zero attached hydrogens (tertiary/aromatic N) is 1. The molecule has 24 heavy (non-hydrogen) atoms. The van der Waals surface area contributed by atoms with Gasteiger partial charge in [-0.2, -0.15) is 0 Å².